The lowest BCUT2D eigenvalue weighted by Gasteiger charge is -2.11. The molecule has 1 aromatic carbocycles. The maximum atomic E-state index is 9.25. The topological polar surface area (TPSA) is 67.3 Å². The molecule has 1 unspecified atom stereocenters. The molecule has 1 aliphatic heterocycles. The van der Waals surface area contributed by atoms with Crippen molar-refractivity contribution < 1.29 is 9.84 Å². The number of ether oxygens (including phenoxy) is 1. The predicted octanol–water partition coefficient (Wildman–Crippen LogP) is 1.98. The maximum Gasteiger partial charge on any atom is 0.159 e. The molecule has 0 amide bonds. The minimum Gasteiger partial charge on any atom is -0.508 e. The highest BCUT2D eigenvalue weighted by Crippen LogP contribution is 2.19. The Bertz CT molecular complexity index is 548. The van der Waals surface area contributed by atoms with Crippen molar-refractivity contribution in [3.05, 3.63) is 36.7 Å². The molecule has 2 aromatic rings. The van der Waals surface area contributed by atoms with Gasteiger partial charge in [-0.3, -0.25) is 0 Å². The first kappa shape index (κ1) is 12.9. The second-order valence-electron chi connectivity index (χ2n) is 4.89. The van der Waals surface area contributed by atoms with Crippen molar-refractivity contribution >= 4 is 0 Å². The van der Waals surface area contributed by atoms with E-state index >= 15 is 0 Å². The first-order valence-corrected chi connectivity index (χ1v) is 6.79. The summed E-state index contributed by atoms with van der Waals surface area (Å²) in [5.41, 5.74) is 0.867. The van der Waals surface area contributed by atoms with Gasteiger partial charge in [0, 0.05) is 11.6 Å². The molecule has 0 aliphatic carbocycles. The van der Waals surface area contributed by atoms with Crippen LogP contribution in [-0.2, 0) is 0 Å². The van der Waals surface area contributed by atoms with E-state index in [0.29, 0.717) is 24.2 Å². The fourth-order valence-corrected chi connectivity index (χ4v) is 2.25. The lowest BCUT2D eigenvalue weighted by Crippen LogP contribution is -2.28. The number of rotatable bonds is 4. The SMILES string of the molecule is Oc1ccc(-c2ncc(OCC3CCCN3)cn2)cc1. The van der Waals surface area contributed by atoms with Crippen LogP contribution in [0.3, 0.4) is 0 Å². The van der Waals surface area contributed by atoms with Crippen molar-refractivity contribution in [2.45, 2.75) is 18.9 Å². The Kier molecular flexibility index (Phi) is 3.78. The summed E-state index contributed by atoms with van der Waals surface area (Å²) in [7, 11) is 0. The number of aromatic nitrogens is 2. The molecule has 1 aliphatic rings. The lowest BCUT2D eigenvalue weighted by molar-refractivity contribution is 0.275. The fraction of sp³-hybridized carbons (Fsp3) is 0.333. The van der Waals surface area contributed by atoms with Crippen molar-refractivity contribution in [1.82, 2.24) is 15.3 Å². The number of nitrogens with one attached hydrogen (secondary N) is 1. The molecule has 1 saturated heterocycles. The van der Waals surface area contributed by atoms with Gasteiger partial charge >= 0.3 is 0 Å². The zero-order valence-electron chi connectivity index (χ0n) is 11.1. The molecular formula is C15H17N3O2. The average molecular weight is 271 g/mol. The van der Waals surface area contributed by atoms with Crippen LogP contribution >= 0.6 is 0 Å². The molecule has 3 rings (SSSR count). The molecule has 1 atom stereocenters. The lowest BCUT2D eigenvalue weighted by atomic mass is 10.2. The van der Waals surface area contributed by atoms with E-state index in [0.717, 1.165) is 18.5 Å². The predicted molar refractivity (Wildman–Crippen MR) is 75.7 cm³/mol. The molecule has 1 fully saturated rings. The molecule has 1 aromatic heterocycles. The fourth-order valence-electron chi connectivity index (χ4n) is 2.25. The first-order valence-electron chi connectivity index (χ1n) is 6.79. The van der Waals surface area contributed by atoms with Crippen LogP contribution in [0, 0.1) is 0 Å². The third-order valence-corrected chi connectivity index (χ3v) is 3.37. The minimum absolute atomic E-state index is 0.234. The van der Waals surface area contributed by atoms with Gasteiger partial charge in [-0.1, -0.05) is 0 Å². The molecule has 2 heterocycles. The standard InChI is InChI=1S/C15H17N3O2/c19-13-5-3-11(4-6-13)15-17-8-14(9-18-15)20-10-12-2-1-7-16-12/h3-6,8-9,12,16,19H,1-2,7,10H2. The number of benzene rings is 1. The van der Waals surface area contributed by atoms with E-state index in [-0.39, 0.29) is 5.75 Å². The number of aromatic hydroxyl groups is 1. The van der Waals surface area contributed by atoms with Gasteiger partial charge in [-0.05, 0) is 43.7 Å². The van der Waals surface area contributed by atoms with Crippen LogP contribution in [0.1, 0.15) is 12.8 Å². The second kappa shape index (κ2) is 5.88. The third-order valence-electron chi connectivity index (χ3n) is 3.37. The summed E-state index contributed by atoms with van der Waals surface area (Å²) in [6.45, 7) is 1.73. The zero-order valence-corrected chi connectivity index (χ0v) is 11.1. The van der Waals surface area contributed by atoms with Crippen molar-refractivity contribution in [3.8, 4) is 22.9 Å². The Hall–Kier alpha value is -2.14. The van der Waals surface area contributed by atoms with Gasteiger partial charge in [-0.2, -0.15) is 0 Å². The molecule has 0 spiro atoms. The van der Waals surface area contributed by atoms with E-state index in [4.69, 9.17) is 4.74 Å². The smallest absolute Gasteiger partial charge is 0.159 e. The number of phenolic OH excluding ortho intramolecular Hbond substituents is 1. The molecule has 2 N–H and O–H groups in total. The quantitative estimate of drug-likeness (QED) is 0.890. The zero-order chi connectivity index (χ0) is 13.8. The van der Waals surface area contributed by atoms with Crippen molar-refractivity contribution in [2.75, 3.05) is 13.2 Å². The number of hydrogen-bond donors (Lipinski definition) is 2. The molecule has 20 heavy (non-hydrogen) atoms. The van der Waals surface area contributed by atoms with E-state index < -0.39 is 0 Å². The van der Waals surface area contributed by atoms with Crippen molar-refractivity contribution in [3.63, 3.8) is 0 Å². The Morgan fingerprint density at radius 1 is 1.20 bits per heavy atom. The highest BCUT2D eigenvalue weighted by molar-refractivity contribution is 5.55. The average Bonchev–Trinajstić information content (AvgIpc) is 3.00. The van der Waals surface area contributed by atoms with Gasteiger partial charge in [0.25, 0.3) is 0 Å². The van der Waals surface area contributed by atoms with E-state index in [1.165, 1.54) is 6.42 Å². The Morgan fingerprint density at radius 3 is 2.60 bits per heavy atom. The summed E-state index contributed by atoms with van der Waals surface area (Å²) in [5, 5.41) is 12.6. The van der Waals surface area contributed by atoms with Crippen LogP contribution < -0.4 is 10.1 Å². The van der Waals surface area contributed by atoms with Crippen LogP contribution in [0.5, 0.6) is 11.5 Å². The maximum absolute atomic E-state index is 9.25. The first-order chi connectivity index (χ1) is 9.81. The summed E-state index contributed by atoms with van der Waals surface area (Å²) >= 11 is 0. The van der Waals surface area contributed by atoms with E-state index in [1.807, 2.05) is 0 Å². The van der Waals surface area contributed by atoms with E-state index in [9.17, 15) is 5.11 Å². The van der Waals surface area contributed by atoms with Crippen LogP contribution in [-0.4, -0.2) is 34.3 Å². The summed E-state index contributed by atoms with van der Waals surface area (Å²) < 4.78 is 5.67. The van der Waals surface area contributed by atoms with Crippen molar-refractivity contribution in [1.29, 1.82) is 0 Å². The summed E-state index contributed by atoms with van der Waals surface area (Å²) in [6.07, 6.45) is 5.74. The van der Waals surface area contributed by atoms with Crippen LogP contribution in [0.2, 0.25) is 0 Å². The Labute approximate surface area is 117 Å². The largest absolute Gasteiger partial charge is 0.508 e. The van der Waals surface area contributed by atoms with Gasteiger partial charge in [-0.25, -0.2) is 9.97 Å². The number of hydrogen-bond acceptors (Lipinski definition) is 5. The normalized spacial score (nSPS) is 18.1. The number of nitrogens with zero attached hydrogens (tertiary/aromatic N) is 2. The van der Waals surface area contributed by atoms with E-state index in [1.54, 1.807) is 36.7 Å². The van der Waals surface area contributed by atoms with Crippen LogP contribution in [0.4, 0.5) is 0 Å². The van der Waals surface area contributed by atoms with Gasteiger partial charge in [0.1, 0.15) is 12.4 Å². The Balaban J connectivity index is 1.63. The van der Waals surface area contributed by atoms with Crippen LogP contribution in [0.25, 0.3) is 11.4 Å². The Morgan fingerprint density at radius 2 is 1.95 bits per heavy atom. The monoisotopic (exact) mass is 271 g/mol. The summed E-state index contributed by atoms with van der Waals surface area (Å²) in [6, 6.07) is 7.25. The number of phenols is 1. The van der Waals surface area contributed by atoms with Crippen molar-refractivity contribution in [2.24, 2.45) is 0 Å². The second-order valence-corrected chi connectivity index (χ2v) is 4.89. The summed E-state index contributed by atoms with van der Waals surface area (Å²) in [4.78, 5) is 8.57. The van der Waals surface area contributed by atoms with Gasteiger partial charge in [-0.15, -0.1) is 0 Å². The van der Waals surface area contributed by atoms with Gasteiger partial charge in [0.2, 0.25) is 0 Å². The van der Waals surface area contributed by atoms with Gasteiger partial charge in [0.15, 0.2) is 11.6 Å². The summed E-state index contributed by atoms with van der Waals surface area (Å²) in [5.74, 6) is 1.54. The van der Waals surface area contributed by atoms with Gasteiger partial charge < -0.3 is 15.2 Å². The molecular weight excluding hydrogens is 254 g/mol. The third kappa shape index (κ3) is 3.05. The minimum atomic E-state index is 0.234. The van der Waals surface area contributed by atoms with Crippen LogP contribution in [0.15, 0.2) is 36.7 Å². The molecule has 5 heteroatoms. The van der Waals surface area contributed by atoms with E-state index in [2.05, 4.69) is 15.3 Å². The molecule has 5 nitrogen and oxygen atoms in total. The highest BCUT2D eigenvalue weighted by Gasteiger charge is 2.14. The highest BCUT2D eigenvalue weighted by atomic mass is 16.5. The molecule has 0 saturated carbocycles. The molecule has 0 bridgehead atoms. The van der Waals surface area contributed by atoms with Gasteiger partial charge in [0.05, 0.1) is 12.4 Å². The molecule has 104 valence electrons. The molecule has 0 radical (unpaired) electrons.